The third kappa shape index (κ3) is 5.20. The van der Waals surface area contributed by atoms with Gasteiger partial charge in [-0.05, 0) is 67.4 Å². The highest BCUT2D eigenvalue weighted by Gasteiger charge is 2.36. The molecule has 0 bridgehead atoms. The van der Waals surface area contributed by atoms with E-state index in [0.29, 0.717) is 35.0 Å². The summed E-state index contributed by atoms with van der Waals surface area (Å²) in [5, 5.41) is 1.21. The quantitative estimate of drug-likeness (QED) is 0.299. The van der Waals surface area contributed by atoms with Gasteiger partial charge in [0.25, 0.3) is 5.56 Å². The lowest BCUT2D eigenvalue weighted by molar-refractivity contribution is 0.202. The standard InChI is InChI=1S/C24H30Cl2N2O3Si/c1-14-10-16(22-27-19-13-17(25)12-18(26)20(19)23(29)28-22)11-15(2)21(14)30-8-9-31-32(6,7)24(3,4)5/h10-13H,8-9H2,1-7H3,(H,27,28,29). The molecule has 0 unspecified atom stereocenters. The van der Waals surface area contributed by atoms with Crippen LogP contribution in [0.3, 0.4) is 0 Å². The van der Waals surface area contributed by atoms with E-state index in [-0.39, 0.29) is 15.6 Å². The first-order valence-corrected chi connectivity index (χ1v) is 14.2. The Labute approximate surface area is 200 Å². The smallest absolute Gasteiger partial charge is 0.260 e. The zero-order chi connectivity index (χ0) is 23.8. The van der Waals surface area contributed by atoms with Gasteiger partial charge in [0.1, 0.15) is 18.2 Å². The van der Waals surface area contributed by atoms with Crippen LogP contribution in [0.15, 0.2) is 29.1 Å². The summed E-state index contributed by atoms with van der Waals surface area (Å²) < 4.78 is 12.3. The number of aromatic amines is 1. The summed E-state index contributed by atoms with van der Waals surface area (Å²) in [5.41, 5.74) is 2.86. The first-order chi connectivity index (χ1) is 14.8. The number of rotatable bonds is 6. The van der Waals surface area contributed by atoms with Crippen molar-refractivity contribution < 1.29 is 9.16 Å². The number of hydrogen-bond donors (Lipinski definition) is 1. The van der Waals surface area contributed by atoms with Crippen LogP contribution in [0, 0.1) is 13.8 Å². The van der Waals surface area contributed by atoms with Crippen molar-refractivity contribution in [3.05, 3.63) is 55.8 Å². The molecule has 5 nitrogen and oxygen atoms in total. The monoisotopic (exact) mass is 492 g/mol. The van der Waals surface area contributed by atoms with Gasteiger partial charge in [-0.2, -0.15) is 0 Å². The van der Waals surface area contributed by atoms with Crippen molar-refractivity contribution in [2.45, 2.75) is 52.8 Å². The molecule has 0 amide bonds. The molecule has 0 saturated carbocycles. The van der Waals surface area contributed by atoms with Gasteiger partial charge in [-0.3, -0.25) is 4.79 Å². The third-order valence-corrected chi connectivity index (χ3v) is 11.1. The summed E-state index contributed by atoms with van der Waals surface area (Å²) in [5.74, 6) is 1.28. The van der Waals surface area contributed by atoms with Crippen LogP contribution in [-0.2, 0) is 4.43 Å². The van der Waals surface area contributed by atoms with Crippen LogP contribution in [-0.4, -0.2) is 31.5 Å². The van der Waals surface area contributed by atoms with E-state index < -0.39 is 8.32 Å². The van der Waals surface area contributed by atoms with Crippen LogP contribution in [0.4, 0.5) is 0 Å². The number of halogens is 2. The van der Waals surface area contributed by atoms with Crippen molar-refractivity contribution in [1.82, 2.24) is 9.97 Å². The predicted molar refractivity (Wildman–Crippen MR) is 136 cm³/mol. The van der Waals surface area contributed by atoms with Crippen molar-refractivity contribution in [2.75, 3.05) is 13.2 Å². The number of fused-ring (bicyclic) bond motifs is 1. The summed E-state index contributed by atoms with van der Waals surface area (Å²) in [7, 11) is -1.80. The molecule has 32 heavy (non-hydrogen) atoms. The Kier molecular flexibility index (Phi) is 7.10. The van der Waals surface area contributed by atoms with E-state index in [0.717, 1.165) is 22.4 Å². The fourth-order valence-electron chi connectivity index (χ4n) is 3.30. The van der Waals surface area contributed by atoms with E-state index in [4.69, 9.17) is 32.4 Å². The molecule has 1 aromatic heterocycles. The maximum atomic E-state index is 12.6. The van der Waals surface area contributed by atoms with Gasteiger partial charge in [0.2, 0.25) is 0 Å². The fourth-order valence-corrected chi connectivity index (χ4v) is 4.89. The average Bonchev–Trinajstić information content (AvgIpc) is 2.64. The number of benzene rings is 2. The van der Waals surface area contributed by atoms with Gasteiger partial charge >= 0.3 is 0 Å². The first-order valence-electron chi connectivity index (χ1n) is 10.6. The molecule has 0 fully saturated rings. The first kappa shape index (κ1) is 24.8. The zero-order valence-electron chi connectivity index (χ0n) is 19.7. The maximum Gasteiger partial charge on any atom is 0.260 e. The average molecular weight is 494 g/mol. The Hall–Kier alpha value is -1.86. The lowest BCUT2D eigenvalue weighted by Gasteiger charge is -2.36. The minimum Gasteiger partial charge on any atom is -0.491 e. The lowest BCUT2D eigenvalue weighted by atomic mass is 10.0. The van der Waals surface area contributed by atoms with E-state index >= 15 is 0 Å². The normalized spacial score (nSPS) is 12.4. The number of nitrogens with one attached hydrogen (secondary N) is 1. The molecule has 3 rings (SSSR count). The molecular formula is C24H30Cl2N2O3Si. The highest BCUT2D eigenvalue weighted by molar-refractivity contribution is 6.74. The van der Waals surface area contributed by atoms with Crippen molar-refractivity contribution >= 4 is 42.4 Å². The largest absolute Gasteiger partial charge is 0.491 e. The Balaban J connectivity index is 1.83. The number of ether oxygens (including phenoxy) is 1. The summed E-state index contributed by atoms with van der Waals surface area (Å²) in [4.78, 5) is 20.0. The number of aryl methyl sites for hydroxylation is 2. The van der Waals surface area contributed by atoms with Gasteiger partial charge in [-0.15, -0.1) is 0 Å². The summed E-state index contributed by atoms with van der Waals surface area (Å²) >= 11 is 12.3. The molecule has 8 heteroatoms. The second kappa shape index (κ2) is 9.18. The summed E-state index contributed by atoms with van der Waals surface area (Å²) in [6.45, 7) is 16.1. The number of hydrogen-bond acceptors (Lipinski definition) is 4. The molecule has 0 aliphatic heterocycles. The summed E-state index contributed by atoms with van der Waals surface area (Å²) in [6, 6.07) is 7.08. The Bertz CT molecular complexity index is 1190. The van der Waals surface area contributed by atoms with Gasteiger partial charge in [-0.1, -0.05) is 44.0 Å². The van der Waals surface area contributed by atoms with Gasteiger partial charge in [0.15, 0.2) is 8.32 Å². The number of nitrogens with zero attached hydrogens (tertiary/aromatic N) is 1. The molecule has 0 radical (unpaired) electrons. The van der Waals surface area contributed by atoms with Crippen molar-refractivity contribution in [3.63, 3.8) is 0 Å². The minimum atomic E-state index is -1.80. The Morgan fingerprint density at radius 1 is 1.03 bits per heavy atom. The van der Waals surface area contributed by atoms with E-state index in [1.54, 1.807) is 6.07 Å². The molecule has 3 aromatic rings. The van der Waals surface area contributed by atoms with E-state index in [1.165, 1.54) is 6.07 Å². The van der Waals surface area contributed by atoms with Crippen LogP contribution in [0.1, 0.15) is 31.9 Å². The molecule has 0 saturated heterocycles. The Morgan fingerprint density at radius 2 is 1.66 bits per heavy atom. The molecule has 0 spiro atoms. The molecule has 0 aliphatic carbocycles. The maximum absolute atomic E-state index is 12.6. The highest BCUT2D eigenvalue weighted by Crippen LogP contribution is 2.36. The predicted octanol–water partition coefficient (Wildman–Crippen LogP) is 6.91. The zero-order valence-corrected chi connectivity index (χ0v) is 22.2. The van der Waals surface area contributed by atoms with Crippen LogP contribution in [0.2, 0.25) is 28.2 Å². The fraction of sp³-hybridized carbons (Fsp3) is 0.417. The number of H-pyrrole nitrogens is 1. The third-order valence-electron chi connectivity index (χ3n) is 6.06. The second-order valence-electron chi connectivity index (χ2n) is 9.59. The van der Waals surface area contributed by atoms with Gasteiger partial charge in [-0.25, -0.2) is 4.98 Å². The van der Waals surface area contributed by atoms with Crippen LogP contribution in [0.5, 0.6) is 5.75 Å². The van der Waals surface area contributed by atoms with Crippen LogP contribution >= 0.6 is 23.2 Å². The SMILES string of the molecule is Cc1cc(-c2nc3cc(Cl)cc(Cl)c3c(=O)[nH]2)cc(C)c1OCCO[Si](C)(C)C(C)(C)C. The Morgan fingerprint density at radius 3 is 2.25 bits per heavy atom. The second-order valence-corrected chi connectivity index (χ2v) is 15.2. The molecule has 1 N–H and O–H groups in total. The summed E-state index contributed by atoms with van der Waals surface area (Å²) in [6.07, 6.45) is 0. The molecule has 2 aromatic carbocycles. The van der Waals surface area contributed by atoms with Crippen LogP contribution < -0.4 is 10.3 Å². The van der Waals surface area contributed by atoms with Crippen molar-refractivity contribution in [1.29, 1.82) is 0 Å². The van der Waals surface area contributed by atoms with Crippen LogP contribution in [0.25, 0.3) is 22.3 Å². The lowest BCUT2D eigenvalue weighted by Crippen LogP contribution is -2.41. The van der Waals surface area contributed by atoms with Gasteiger partial charge < -0.3 is 14.1 Å². The van der Waals surface area contributed by atoms with E-state index in [1.807, 2.05) is 26.0 Å². The van der Waals surface area contributed by atoms with E-state index in [2.05, 4.69) is 43.8 Å². The van der Waals surface area contributed by atoms with Gasteiger partial charge in [0.05, 0.1) is 22.5 Å². The highest BCUT2D eigenvalue weighted by atomic mass is 35.5. The minimum absolute atomic E-state index is 0.165. The molecule has 172 valence electrons. The van der Waals surface area contributed by atoms with E-state index in [9.17, 15) is 4.79 Å². The van der Waals surface area contributed by atoms with Gasteiger partial charge in [0, 0.05) is 10.6 Å². The topological polar surface area (TPSA) is 64.2 Å². The van der Waals surface area contributed by atoms with Crippen molar-refractivity contribution in [2.24, 2.45) is 0 Å². The molecular weight excluding hydrogens is 463 g/mol. The molecule has 0 aliphatic rings. The molecule has 0 atom stereocenters. The van der Waals surface area contributed by atoms with Crippen molar-refractivity contribution in [3.8, 4) is 17.1 Å². The number of aromatic nitrogens is 2. The molecule has 1 heterocycles.